The zero-order valence-electron chi connectivity index (χ0n) is 10.6. The van der Waals surface area contributed by atoms with Crippen LogP contribution in [-0.2, 0) is 11.5 Å². The number of rotatable bonds is 7. The molecule has 1 aromatic rings. The van der Waals surface area contributed by atoms with Crippen LogP contribution in [0.15, 0.2) is 18.2 Å². The molecule has 0 aliphatic rings. The number of hydrogen-bond acceptors (Lipinski definition) is 2. The lowest BCUT2D eigenvalue weighted by atomic mass is 10.1. The van der Waals surface area contributed by atoms with Crippen molar-refractivity contribution in [1.82, 2.24) is 0 Å². The summed E-state index contributed by atoms with van der Waals surface area (Å²) in [5, 5.41) is 0.392. The van der Waals surface area contributed by atoms with E-state index >= 15 is 0 Å². The Bertz CT molecular complexity index is 396. The van der Waals surface area contributed by atoms with Crippen molar-refractivity contribution in [1.29, 1.82) is 0 Å². The van der Waals surface area contributed by atoms with Crippen LogP contribution >= 0.6 is 27.7 Å². The van der Waals surface area contributed by atoms with Crippen molar-refractivity contribution in [2.45, 2.75) is 24.9 Å². The highest BCUT2D eigenvalue weighted by molar-refractivity contribution is 9.08. The standard InChI is InChI=1S/C13H16BrF3OS/c1-2-19-7-3-6-18-12-5-4-10(9-14)8-11(12)13(15,16)17/h4-5,8H,2-3,6-7,9H2,1H3. The lowest BCUT2D eigenvalue weighted by Crippen LogP contribution is -2.10. The van der Waals surface area contributed by atoms with Crippen molar-refractivity contribution >= 4 is 27.7 Å². The van der Waals surface area contributed by atoms with Crippen LogP contribution in [0.4, 0.5) is 13.2 Å². The maximum atomic E-state index is 12.9. The van der Waals surface area contributed by atoms with E-state index in [1.54, 1.807) is 17.8 Å². The summed E-state index contributed by atoms with van der Waals surface area (Å²) in [7, 11) is 0. The van der Waals surface area contributed by atoms with Gasteiger partial charge in [-0.3, -0.25) is 0 Å². The van der Waals surface area contributed by atoms with E-state index in [0.717, 1.165) is 24.0 Å². The molecule has 0 atom stereocenters. The van der Waals surface area contributed by atoms with Gasteiger partial charge >= 0.3 is 6.18 Å². The first-order valence-electron chi connectivity index (χ1n) is 5.95. The van der Waals surface area contributed by atoms with E-state index in [0.29, 0.717) is 17.5 Å². The molecule has 0 radical (unpaired) electrons. The number of ether oxygens (including phenoxy) is 1. The number of thioether (sulfide) groups is 1. The summed E-state index contributed by atoms with van der Waals surface area (Å²) < 4.78 is 43.9. The van der Waals surface area contributed by atoms with Crippen molar-refractivity contribution in [2.75, 3.05) is 18.1 Å². The Kier molecular flexibility index (Phi) is 7.07. The summed E-state index contributed by atoms with van der Waals surface area (Å²) in [5.74, 6) is 1.82. The summed E-state index contributed by atoms with van der Waals surface area (Å²) in [4.78, 5) is 0. The molecule has 0 amide bonds. The maximum Gasteiger partial charge on any atom is 0.419 e. The molecule has 0 N–H and O–H groups in total. The number of alkyl halides is 4. The molecule has 108 valence electrons. The average molecular weight is 357 g/mol. The molecule has 0 saturated carbocycles. The van der Waals surface area contributed by atoms with Gasteiger partial charge in [0.05, 0.1) is 12.2 Å². The summed E-state index contributed by atoms with van der Waals surface area (Å²) in [5.41, 5.74) is -0.117. The van der Waals surface area contributed by atoms with Crippen LogP contribution in [0, 0.1) is 0 Å². The first kappa shape index (κ1) is 16.7. The van der Waals surface area contributed by atoms with Gasteiger partial charge in [0.15, 0.2) is 0 Å². The minimum absolute atomic E-state index is 0.0845. The van der Waals surface area contributed by atoms with E-state index in [4.69, 9.17) is 4.74 Å². The van der Waals surface area contributed by atoms with Gasteiger partial charge < -0.3 is 4.74 Å². The second-order valence-electron chi connectivity index (χ2n) is 3.86. The van der Waals surface area contributed by atoms with Crippen molar-refractivity contribution in [3.63, 3.8) is 0 Å². The van der Waals surface area contributed by atoms with E-state index in [-0.39, 0.29) is 5.75 Å². The van der Waals surface area contributed by atoms with Gasteiger partial charge in [-0.25, -0.2) is 0 Å². The summed E-state index contributed by atoms with van der Waals surface area (Å²) >= 11 is 4.90. The van der Waals surface area contributed by atoms with E-state index in [9.17, 15) is 13.2 Å². The fourth-order valence-corrected chi connectivity index (χ4v) is 2.45. The van der Waals surface area contributed by atoms with Crippen LogP contribution < -0.4 is 4.74 Å². The second-order valence-corrected chi connectivity index (χ2v) is 5.82. The summed E-state index contributed by atoms with van der Waals surface area (Å²) in [6.07, 6.45) is -3.64. The Morgan fingerprint density at radius 1 is 1.32 bits per heavy atom. The lowest BCUT2D eigenvalue weighted by Gasteiger charge is -2.15. The van der Waals surface area contributed by atoms with E-state index < -0.39 is 11.7 Å². The summed E-state index contributed by atoms with van der Waals surface area (Å²) in [6, 6.07) is 4.16. The van der Waals surface area contributed by atoms with Crippen LogP contribution in [0.3, 0.4) is 0 Å². The fraction of sp³-hybridized carbons (Fsp3) is 0.538. The molecular weight excluding hydrogens is 341 g/mol. The minimum atomic E-state index is -4.38. The van der Waals surface area contributed by atoms with Gasteiger partial charge in [-0.05, 0) is 35.6 Å². The first-order chi connectivity index (χ1) is 8.99. The van der Waals surface area contributed by atoms with Gasteiger partial charge in [-0.15, -0.1) is 0 Å². The monoisotopic (exact) mass is 356 g/mol. The van der Waals surface area contributed by atoms with E-state index in [1.165, 1.54) is 6.07 Å². The Balaban J connectivity index is 2.71. The van der Waals surface area contributed by atoms with Gasteiger partial charge in [-0.2, -0.15) is 24.9 Å². The van der Waals surface area contributed by atoms with Crippen LogP contribution in [0.25, 0.3) is 0 Å². The molecule has 0 aliphatic carbocycles. The molecular formula is C13H16BrF3OS. The fourth-order valence-electron chi connectivity index (χ4n) is 1.50. The Labute approximate surface area is 124 Å². The molecule has 0 unspecified atom stereocenters. The molecule has 0 spiro atoms. The molecule has 0 saturated heterocycles. The Morgan fingerprint density at radius 2 is 2.05 bits per heavy atom. The third-order valence-electron chi connectivity index (χ3n) is 2.40. The quantitative estimate of drug-likeness (QED) is 0.495. The number of hydrogen-bond donors (Lipinski definition) is 0. The van der Waals surface area contributed by atoms with Crippen LogP contribution in [0.2, 0.25) is 0 Å². The molecule has 0 bridgehead atoms. The molecule has 0 aliphatic heterocycles. The van der Waals surface area contributed by atoms with Gasteiger partial charge in [0.2, 0.25) is 0 Å². The largest absolute Gasteiger partial charge is 0.493 e. The predicted molar refractivity (Wildman–Crippen MR) is 77.2 cm³/mol. The molecule has 0 heterocycles. The minimum Gasteiger partial charge on any atom is -0.493 e. The highest BCUT2D eigenvalue weighted by Crippen LogP contribution is 2.37. The lowest BCUT2D eigenvalue weighted by molar-refractivity contribution is -0.139. The molecule has 1 aromatic carbocycles. The van der Waals surface area contributed by atoms with Crippen molar-refractivity contribution in [3.8, 4) is 5.75 Å². The van der Waals surface area contributed by atoms with Gasteiger partial charge in [0.25, 0.3) is 0 Å². The van der Waals surface area contributed by atoms with E-state index in [2.05, 4.69) is 15.9 Å². The van der Waals surface area contributed by atoms with Gasteiger partial charge in [0.1, 0.15) is 5.75 Å². The normalized spacial score (nSPS) is 11.6. The topological polar surface area (TPSA) is 9.23 Å². The maximum absolute atomic E-state index is 12.9. The van der Waals surface area contributed by atoms with Gasteiger partial charge in [-0.1, -0.05) is 28.9 Å². The SMILES string of the molecule is CCSCCCOc1ccc(CBr)cc1C(F)(F)F. The first-order valence-corrected chi connectivity index (χ1v) is 8.23. The summed E-state index contributed by atoms with van der Waals surface area (Å²) in [6.45, 7) is 2.36. The molecule has 0 fully saturated rings. The van der Waals surface area contributed by atoms with Crippen LogP contribution in [0.1, 0.15) is 24.5 Å². The molecule has 19 heavy (non-hydrogen) atoms. The molecule has 0 aromatic heterocycles. The van der Waals surface area contributed by atoms with Crippen LogP contribution in [0.5, 0.6) is 5.75 Å². The smallest absolute Gasteiger partial charge is 0.419 e. The van der Waals surface area contributed by atoms with Crippen molar-refractivity contribution in [2.24, 2.45) is 0 Å². The molecule has 1 rings (SSSR count). The Hall–Kier alpha value is -0.360. The van der Waals surface area contributed by atoms with Crippen LogP contribution in [-0.4, -0.2) is 18.1 Å². The van der Waals surface area contributed by atoms with Gasteiger partial charge in [0, 0.05) is 5.33 Å². The highest BCUT2D eigenvalue weighted by Gasteiger charge is 2.34. The molecule has 6 heteroatoms. The number of benzene rings is 1. The Morgan fingerprint density at radius 3 is 2.63 bits per heavy atom. The second kappa shape index (κ2) is 8.04. The van der Waals surface area contributed by atoms with Crippen molar-refractivity contribution < 1.29 is 17.9 Å². The van der Waals surface area contributed by atoms with Crippen molar-refractivity contribution in [3.05, 3.63) is 29.3 Å². The number of halogens is 4. The third kappa shape index (κ3) is 5.65. The average Bonchev–Trinajstić information content (AvgIpc) is 2.37. The zero-order chi connectivity index (χ0) is 14.3. The zero-order valence-corrected chi connectivity index (χ0v) is 13.0. The third-order valence-corrected chi connectivity index (χ3v) is 4.03. The van der Waals surface area contributed by atoms with E-state index in [1.807, 2.05) is 6.92 Å². The predicted octanol–water partition coefficient (Wildman–Crippen LogP) is 5.12. The highest BCUT2D eigenvalue weighted by atomic mass is 79.9. The molecule has 1 nitrogen and oxygen atoms in total.